The van der Waals surface area contributed by atoms with Gasteiger partial charge in [0, 0.05) is 18.8 Å². The van der Waals surface area contributed by atoms with Gasteiger partial charge < -0.3 is 10.1 Å². The minimum atomic E-state index is 0.210. The Morgan fingerprint density at radius 3 is 2.48 bits per heavy atom. The minimum Gasteiger partial charge on any atom is -0.489 e. The average molecular weight is 284 g/mol. The van der Waals surface area contributed by atoms with E-state index in [0.29, 0.717) is 6.61 Å². The molecule has 0 saturated heterocycles. The van der Waals surface area contributed by atoms with Gasteiger partial charge in [0.15, 0.2) is 0 Å². The van der Waals surface area contributed by atoms with Crippen LogP contribution >= 0.6 is 0 Å². The Morgan fingerprint density at radius 1 is 1.14 bits per heavy atom. The van der Waals surface area contributed by atoms with Gasteiger partial charge in [0.2, 0.25) is 0 Å². The van der Waals surface area contributed by atoms with Crippen molar-refractivity contribution in [2.24, 2.45) is 0 Å². The van der Waals surface area contributed by atoms with Gasteiger partial charge in [-0.2, -0.15) is 0 Å². The van der Waals surface area contributed by atoms with Gasteiger partial charge in [0.1, 0.15) is 18.2 Å². The zero-order chi connectivity index (χ0) is 15.3. The third-order valence-corrected chi connectivity index (χ3v) is 4.04. The summed E-state index contributed by atoms with van der Waals surface area (Å²) in [6.45, 7) is 7.25. The maximum absolute atomic E-state index is 5.86. The van der Waals surface area contributed by atoms with Gasteiger partial charge in [-0.05, 0) is 35.6 Å². The van der Waals surface area contributed by atoms with Gasteiger partial charge in [-0.1, -0.05) is 39.0 Å². The molecule has 0 bridgehead atoms. The Morgan fingerprint density at radius 2 is 1.86 bits per heavy atom. The van der Waals surface area contributed by atoms with E-state index in [0.717, 1.165) is 23.6 Å². The van der Waals surface area contributed by atoms with Crippen molar-refractivity contribution in [2.45, 2.75) is 39.2 Å². The molecule has 0 spiro atoms. The molecule has 0 aliphatic heterocycles. The molecule has 3 heteroatoms. The van der Waals surface area contributed by atoms with Crippen molar-refractivity contribution in [1.29, 1.82) is 0 Å². The summed E-state index contributed by atoms with van der Waals surface area (Å²) in [4.78, 5) is 4.28. The number of anilines is 1. The molecule has 112 valence electrons. The highest BCUT2D eigenvalue weighted by atomic mass is 16.5. The van der Waals surface area contributed by atoms with Crippen LogP contribution in [0.3, 0.4) is 0 Å². The second-order valence-electron chi connectivity index (χ2n) is 5.81. The number of hydrogen-bond donors (Lipinski definition) is 1. The van der Waals surface area contributed by atoms with E-state index in [2.05, 4.69) is 43.2 Å². The number of rotatable bonds is 6. The van der Waals surface area contributed by atoms with Crippen molar-refractivity contribution < 1.29 is 4.74 Å². The Kier molecular flexibility index (Phi) is 4.84. The second-order valence-corrected chi connectivity index (χ2v) is 5.81. The lowest BCUT2D eigenvalue weighted by atomic mass is 9.82. The lowest BCUT2D eigenvalue weighted by molar-refractivity contribution is 0.306. The van der Waals surface area contributed by atoms with Crippen molar-refractivity contribution >= 4 is 5.82 Å². The molecule has 1 aromatic heterocycles. The standard InChI is InChI=1S/C18H24N2O/c1-5-18(2,3)15-8-10-16(11-9-15)21-13-14-7-6-12-20-17(14)19-4/h6-12H,5,13H2,1-4H3,(H,19,20). The molecule has 3 nitrogen and oxygen atoms in total. The summed E-state index contributed by atoms with van der Waals surface area (Å²) < 4.78 is 5.86. The first-order chi connectivity index (χ1) is 10.1. The third-order valence-electron chi connectivity index (χ3n) is 4.04. The summed E-state index contributed by atoms with van der Waals surface area (Å²) in [5.74, 6) is 1.75. The summed E-state index contributed by atoms with van der Waals surface area (Å²) in [6.07, 6.45) is 2.89. The number of pyridine rings is 1. The topological polar surface area (TPSA) is 34.1 Å². The highest BCUT2D eigenvalue weighted by molar-refractivity contribution is 5.43. The molecule has 0 saturated carbocycles. The summed E-state index contributed by atoms with van der Waals surface area (Å²) in [6, 6.07) is 12.3. The van der Waals surface area contributed by atoms with E-state index in [1.165, 1.54) is 5.56 Å². The van der Waals surface area contributed by atoms with Gasteiger partial charge in [-0.25, -0.2) is 4.98 Å². The Balaban J connectivity index is 2.04. The molecule has 0 aliphatic rings. The molecular weight excluding hydrogens is 260 g/mol. The van der Waals surface area contributed by atoms with Crippen molar-refractivity contribution in [1.82, 2.24) is 4.98 Å². The fourth-order valence-electron chi connectivity index (χ4n) is 2.15. The molecule has 0 unspecified atom stereocenters. The van der Waals surface area contributed by atoms with E-state index in [1.54, 1.807) is 6.20 Å². The Labute approximate surface area is 127 Å². The van der Waals surface area contributed by atoms with Crippen LogP contribution in [0.4, 0.5) is 5.82 Å². The van der Waals surface area contributed by atoms with Gasteiger partial charge in [-0.15, -0.1) is 0 Å². The van der Waals surface area contributed by atoms with Gasteiger partial charge in [-0.3, -0.25) is 0 Å². The molecular formula is C18H24N2O. The molecule has 2 aromatic rings. The van der Waals surface area contributed by atoms with Crippen LogP contribution in [0.2, 0.25) is 0 Å². The number of hydrogen-bond acceptors (Lipinski definition) is 3. The van der Waals surface area contributed by atoms with Crippen LogP contribution in [-0.2, 0) is 12.0 Å². The number of nitrogens with zero attached hydrogens (tertiary/aromatic N) is 1. The summed E-state index contributed by atoms with van der Waals surface area (Å²) >= 11 is 0. The molecule has 2 rings (SSSR count). The predicted octanol–water partition coefficient (Wildman–Crippen LogP) is 4.39. The highest BCUT2D eigenvalue weighted by Crippen LogP contribution is 2.28. The number of benzene rings is 1. The van der Waals surface area contributed by atoms with Crippen LogP contribution in [0, 0.1) is 0 Å². The minimum absolute atomic E-state index is 0.210. The first-order valence-electron chi connectivity index (χ1n) is 7.42. The van der Waals surface area contributed by atoms with Crippen molar-refractivity contribution in [3.8, 4) is 5.75 Å². The highest BCUT2D eigenvalue weighted by Gasteiger charge is 2.17. The molecule has 21 heavy (non-hydrogen) atoms. The van der Waals surface area contributed by atoms with Crippen LogP contribution in [-0.4, -0.2) is 12.0 Å². The number of ether oxygens (including phenoxy) is 1. The molecule has 0 atom stereocenters. The quantitative estimate of drug-likeness (QED) is 0.854. The van der Waals surface area contributed by atoms with Crippen molar-refractivity contribution in [2.75, 3.05) is 12.4 Å². The van der Waals surface area contributed by atoms with E-state index in [4.69, 9.17) is 4.74 Å². The van der Waals surface area contributed by atoms with Gasteiger partial charge in [0.25, 0.3) is 0 Å². The van der Waals surface area contributed by atoms with Crippen LogP contribution in [0.5, 0.6) is 5.75 Å². The lowest BCUT2D eigenvalue weighted by Crippen LogP contribution is -2.15. The Bertz CT molecular complexity index is 576. The molecule has 0 fully saturated rings. The van der Waals surface area contributed by atoms with E-state index < -0.39 is 0 Å². The molecule has 1 N–H and O–H groups in total. The van der Waals surface area contributed by atoms with E-state index in [9.17, 15) is 0 Å². The predicted molar refractivity (Wildman–Crippen MR) is 87.9 cm³/mol. The monoisotopic (exact) mass is 284 g/mol. The van der Waals surface area contributed by atoms with Crippen LogP contribution < -0.4 is 10.1 Å². The zero-order valence-corrected chi connectivity index (χ0v) is 13.3. The van der Waals surface area contributed by atoms with Crippen molar-refractivity contribution in [3.05, 3.63) is 53.7 Å². The van der Waals surface area contributed by atoms with Crippen LogP contribution in [0.15, 0.2) is 42.6 Å². The first kappa shape index (κ1) is 15.4. The molecule has 0 radical (unpaired) electrons. The van der Waals surface area contributed by atoms with Gasteiger partial charge >= 0.3 is 0 Å². The summed E-state index contributed by atoms with van der Waals surface area (Å²) in [5, 5.41) is 3.08. The molecule has 1 heterocycles. The second kappa shape index (κ2) is 6.61. The average Bonchev–Trinajstić information content (AvgIpc) is 2.53. The van der Waals surface area contributed by atoms with Crippen molar-refractivity contribution in [3.63, 3.8) is 0 Å². The smallest absolute Gasteiger partial charge is 0.132 e. The van der Waals surface area contributed by atoms with Crippen LogP contribution in [0.25, 0.3) is 0 Å². The zero-order valence-electron chi connectivity index (χ0n) is 13.3. The lowest BCUT2D eigenvalue weighted by Gasteiger charge is -2.23. The Hall–Kier alpha value is -2.03. The SMILES string of the molecule is CCC(C)(C)c1ccc(OCc2cccnc2NC)cc1. The van der Waals surface area contributed by atoms with E-state index in [1.807, 2.05) is 31.3 Å². The number of aromatic nitrogens is 1. The van der Waals surface area contributed by atoms with E-state index in [-0.39, 0.29) is 5.41 Å². The fraction of sp³-hybridized carbons (Fsp3) is 0.389. The molecule has 1 aromatic carbocycles. The molecule has 0 amide bonds. The van der Waals surface area contributed by atoms with E-state index >= 15 is 0 Å². The maximum atomic E-state index is 5.86. The largest absolute Gasteiger partial charge is 0.489 e. The normalized spacial score (nSPS) is 11.2. The molecule has 0 aliphatic carbocycles. The third kappa shape index (κ3) is 3.75. The summed E-state index contributed by atoms with van der Waals surface area (Å²) in [5.41, 5.74) is 2.61. The fourth-order valence-corrected chi connectivity index (χ4v) is 2.15. The number of nitrogens with one attached hydrogen (secondary N) is 1. The summed E-state index contributed by atoms with van der Waals surface area (Å²) in [7, 11) is 1.87. The van der Waals surface area contributed by atoms with Gasteiger partial charge in [0.05, 0.1) is 0 Å². The first-order valence-corrected chi connectivity index (χ1v) is 7.42. The maximum Gasteiger partial charge on any atom is 0.132 e. The van der Waals surface area contributed by atoms with Crippen LogP contribution in [0.1, 0.15) is 38.3 Å².